The summed E-state index contributed by atoms with van der Waals surface area (Å²) < 4.78 is 13.9. The van der Waals surface area contributed by atoms with Gasteiger partial charge in [0.25, 0.3) is 0 Å². The highest BCUT2D eigenvalue weighted by Gasteiger charge is 2.09. The summed E-state index contributed by atoms with van der Waals surface area (Å²) in [5.74, 6) is -0.277. The van der Waals surface area contributed by atoms with Crippen LogP contribution in [0.5, 0.6) is 0 Å². The van der Waals surface area contributed by atoms with Crippen molar-refractivity contribution in [3.8, 4) is 0 Å². The topological polar surface area (TPSA) is 26.0 Å². The van der Waals surface area contributed by atoms with Crippen LogP contribution in [0.25, 0.3) is 0 Å². The maximum atomic E-state index is 13.4. The number of rotatable bonds is 3. The van der Waals surface area contributed by atoms with Crippen molar-refractivity contribution < 1.29 is 4.39 Å². The van der Waals surface area contributed by atoms with Crippen LogP contribution in [0.15, 0.2) is 16.6 Å². The predicted molar refractivity (Wildman–Crippen MR) is 56.5 cm³/mol. The smallest absolute Gasteiger partial charge is 0.142 e. The Hall–Kier alpha value is -0.120. The van der Waals surface area contributed by atoms with E-state index in [9.17, 15) is 4.39 Å². The Balaban J connectivity index is 2.96. The Bertz CT molecular complexity index is 304. The van der Waals surface area contributed by atoms with E-state index in [0.717, 1.165) is 6.42 Å². The van der Waals surface area contributed by atoms with Gasteiger partial charge in [-0.25, -0.2) is 4.39 Å². The molecule has 0 saturated heterocycles. The molecule has 0 atom stereocenters. The molecular formula is C9H10BrClFN. The molecule has 0 aliphatic carbocycles. The summed E-state index contributed by atoms with van der Waals surface area (Å²) in [5.41, 5.74) is 5.88. The molecule has 0 aliphatic rings. The normalized spacial score (nSPS) is 10.5. The van der Waals surface area contributed by atoms with Crippen LogP contribution >= 0.6 is 27.5 Å². The average molecular weight is 267 g/mol. The van der Waals surface area contributed by atoms with Gasteiger partial charge in [-0.05, 0) is 47.4 Å². The fraction of sp³-hybridized carbons (Fsp3) is 0.333. The second-order valence-corrected chi connectivity index (χ2v) is 3.98. The molecule has 0 spiro atoms. The number of halogens is 3. The Labute approximate surface area is 90.2 Å². The molecule has 1 nitrogen and oxygen atoms in total. The predicted octanol–water partition coefficient (Wildman–Crippen LogP) is 3.13. The number of benzene rings is 1. The lowest BCUT2D eigenvalue weighted by molar-refractivity contribution is 0.599. The van der Waals surface area contributed by atoms with Crippen molar-refractivity contribution >= 4 is 27.5 Å². The van der Waals surface area contributed by atoms with Crippen LogP contribution in [0.2, 0.25) is 5.02 Å². The van der Waals surface area contributed by atoms with Gasteiger partial charge in [-0.2, -0.15) is 0 Å². The number of hydrogen-bond donors (Lipinski definition) is 1. The van der Waals surface area contributed by atoms with Gasteiger partial charge in [-0.1, -0.05) is 11.6 Å². The Morgan fingerprint density at radius 2 is 2.15 bits per heavy atom. The van der Waals surface area contributed by atoms with Crippen molar-refractivity contribution in [3.63, 3.8) is 0 Å². The Morgan fingerprint density at radius 3 is 2.77 bits per heavy atom. The van der Waals surface area contributed by atoms with Crippen molar-refractivity contribution in [1.82, 2.24) is 0 Å². The number of nitrogens with two attached hydrogens (primary N) is 1. The molecule has 0 amide bonds. The monoisotopic (exact) mass is 265 g/mol. The summed E-state index contributed by atoms with van der Waals surface area (Å²) in [5, 5.41) is 0.467. The van der Waals surface area contributed by atoms with E-state index in [1.165, 1.54) is 0 Å². The van der Waals surface area contributed by atoms with Gasteiger partial charge in [0.1, 0.15) is 5.82 Å². The first-order valence-corrected chi connectivity index (χ1v) is 5.16. The molecule has 72 valence electrons. The van der Waals surface area contributed by atoms with Crippen molar-refractivity contribution in [2.75, 3.05) is 6.54 Å². The summed E-state index contributed by atoms with van der Waals surface area (Å²) >= 11 is 8.94. The Morgan fingerprint density at radius 1 is 1.46 bits per heavy atom. The summed E-state index contributed by atoms with van der Waals surface area (Å²) in [6.45, 7) is 0.544. The molecule has 0 fully saturated rings. The van der Waals surface area contributed by atoms with Gasteiger partial charge < -0.3 is 5.73 Å². The maximum Gasteiger partial charge on any atom is 0.142 e. The van der Waals surface area contributed by atoms with E-state index < -0.39 is 0 Å². The molecule has 0 bridgehead atoms. The molecule has 0 radical (unpaired) electrons. The standard InChI is InChI=1S/C9H10BrClFN/c10-7-3-4-8(11)6(9(7)12)2-1-5-13/h3-4H,1-2,5,13H2. The van der Waals surface area contributed by atoms with Gasteiger partial charge >= 0.3 is 0 Å². The molecule has 1 aromatic rings. The first-order chi connectivity index (χ1) is 6.16. The summed E-state index contributed by atoms with van der Waals surface area (Å²) in [6.07, 6.45) is 1.33. The second-order valence-electron chi connectivity index (χ2n) is 2.71. The van der Waals surface area contributed by atoms with E-state index in [1.54, 1.807) is 12.1 Å². The van der Waals surface area contributed by atoms with Crippen LogP contribution in [-0.4, -0.2) is 6.54 Å². The van der Waals surface area contributed by atoms with E-state index in [4.69, 9.17) is 17.3 Å². The van der Waals surface area contributed by atoms with Crippen LogP contribution in [0.3, 0.4) is 0 Å². The molecule has 4 heteroatoms. The van der Waals surface area contributed by atoms with Crippen LogP contribution in [-0.2, 0) is 6.42 Å². The first-order valence-electron chi connectivity index (χ1n) is 3.99. The SMILES string of the molecule is NCCCc1c(Cl)ccc(Br)c1F. The molecule has 1 aromatic carbocycles. The van der Waals surface area contributed by atoms with E-state index >= 15 is 0 Å². The molecular weight excluding hydrogens is 256 g/mol. The van der Waals surface area contributed by atoms with Crippen molar-refractivity contribution in [3.05, 3.63) is 33.0 Å². The van der Waals surface area contributed by atoms with Gasteiger partial charge in [0.05, 0.1) is 4.47 Å². The first kappa shape index (κ1) is 11.0. The molecule has 1 rings (SSSR count). The van der Waals surface area contributed by atoms with Crippen molar-refractivity contribution in [2.24, 2.45) is 5.73 Å². The third-order valence-electron chi connectivity index (χ3n) is 1.77. The zero-order chi connectivity index (χ0) is 9.84. The van der Waals surface area contributed by atoms with Crippen LogP contribution in [0, 0.1) is 5.82 Å². The second kappa shape index (κ2) is 4.94. The zero-order valence-corrected chi connectivity index (χ0v) is 9.33. The van der Waals surface area contributed by atoms with Gasteiger partial charge in [0, 0.05) is 10.6 Å². The highest BCUT2D eigenvalue weighted by Crippen LogP contribution is 2.26. The molecule has 0 saturated carbocycles. The number of hydrogen-bond acceptors (Lipinski definition) is 1. The third kappa shape index (κ3) is 2.66. The van der Waals surface area contributed by atoms with Gasteiger partial charge in [-0.15, -0.1) is 0 Å². The minimum Gasteiger partial charge on any atom is -0.330 e. The lowest BCUT2D eigenvalue weighted by Gasteiger charge is -2.06. The average Bonchev–Trinajstić information content (AvgIpc) is 2.12. The van der Waals surface area contributed by atoms with Crippen molar-refractivity contribution in [2.45, 2.75) is 12.8 Å². The fourth-order valence-corrected chi connectivity index (χ4v) is 1.69. The summed E-state index contributed by atoms with van der Waals surface area (Å²) in [4.78, 5) is 0. The van der Waals surface area contributed by atoms with Crippen LogP contribution in [0.4, 0.5) is 4.39 Å². The van der Waals surface area contributed by atoms with E-state index in [-0.39, 0.29) is 5.82 Å². The van der Waals surface area contributed by atoms with Crippen LogP contribution in [0.1, 0.15) is 12.0 Å². The lowest BCUT2D eigenvalue weighted by atomic mass is 10.1. The molecule has 0 aromatic heterocycles. The molecule has 13 heavy (non-hydrogen) atoms. The summed E-state index contributed by atoms with van der Waals surface area (Å²) in [7, 11) is 0. The minimum atomic E-state index is -0.277. The molecule has 0 heterocycles. The van der Waals surface area contributed by atoms with Crippen LogP contribution < -0.4 is 5.73 Å². The minimum absolute atomic E-state index is 0.277. The van der Waals surface area contributed by atoms with Gasteiger partial charge in [0.2, 0.25) is 0 Å². The highest BCUT2D eigenvalue weighted by molar-refractivity contribution is 9.10. The molecule has 0 aliphatic heterocycles. The largest absolute Gasteiger partial charge is 0.330 e. The van der Waals surface area contributed by atoms with Crippen molar-refractivity contribution in [1.29, 1.82) is 0 Å². The highest BCUT2D eigenvalue weighted by atomic mass is 79.9. The lowest BCUT2D eigenvalue weighted by Crippen LogP contribution is -2.02. The van der Waals surface area contributed by atoms with E-state index in [0.29, 0.717) is 28.0 Å². The summed E-state index contributed by atoms with van der Waals surface area (Å²) in [6, 6.07) is 3.28. The van der Waals surface area contributed by atoms with Gasteiger partial charge in [-0.3, -0.25) is 0 Å². The zero-order valence-electron chi connectivity index (χ0n) is 6.99. The Kier molecular flexibility index (Phi) is 4.16. The van der Waals surface area contributed by atoms with E-state index in [2.05, 4.69) is 15.9 Å². The maximum absolute atomic E-state index is 13.4. The quantitative estimate of drug-likeness (QED) is 0.836. The van der Waals surface area contributed by atoms with E-state index in [1.807, 2.05) is 0 Å². The molecule has 2 N–H and O–H groups in total. The van der Waals surface area contributed by atoms with Gasteiger partial charge in [0.15, 0.2) is 0 Å². The third-order valence-corrected chi connectivity index (χ3v) is 2.74. The fourth-order valence-electron chi connectivity index (χ4n) is 1.08. The molecule has 0 unspecified atom stereocenters.